The number of benzene rings is 2. The minimum absolute atomic E-state index is 0.0180. The van der Waals surface area contributed by atoms with E-state index in [0.717, 1.165) is 5.56 Å². The second kappa shape index (κ2) is 7.51. The van der Waals surface area contributed by atoms with Crippen molar-refractivity contribution in [1.82, 2.24) is 5.32 Å². The Hall–Kier alpha value is -2.00. The van der Waals surface area contributed by atoms with E-state index in [9.17, 15) is 4.79 Å². The highest BCUT2D eigenvalue weighted by atomic mass is 35.5. The molecule has 0 bridgehead atoms. The minimum atomic E-state index is -0.148. The molecule has 0 spiro atoms. The summed E-state index contributed by atoms with van der Waals surface area (Å²) in [5.41, 5.74) is 4.80. The van der Waals surface area contributed by atoms with Crippen molar-refractivity contribution in [3.8, 4) is 5.75 Å². The van der Waals surface area contributed by atoms with E-state index >= 15 is 0 Å². The molecule has 3 nitrogen and oxygen atoms in total. The van der Waals surface area contributed by atoms with Crippen LogP contribution in [0.1, 0.15) is 35.2 Å². The van der Waals surface area contributed by atoms with Gasteiger partial charge in [0, 0.05) is 5.02 Å². The van der Waals surface area contributed by atoms with E-state index in [1.165, 1.54) is 16.7 Å². The normalized spacial score (nSPS) is 11.9. The van der Waals surface area contributed by atoms with Crippen molar-refractivity contribution in [2.75, 3.05) is 6.61 Å². The molecular weight excluding hydrogens is 310 g/mol. The van der Waals surface area contributed by atoms with Crippen LogP contribution in [0, 0.1) is 20.8 Å². The molecule has 1 amide bonds. The highest BCUT2D eigenvalue weighted by molar-refractivity contribution is 6.30. The molecule has 0 aliphatic rings. The Balaban J connectivity index is 1.94. The monoisotopic (exact) mass is 331 g/mol. The van der Waals surface area contributed by atoms with Gasteiger partial charge in [0.1, 0.15) is 5.75 Å². The number of nitrogens with one attached hydrogen (secondary N) is 1. The van der Waals surface area contributed by atoms with E-state index in [1.54, 1.807) is 24.3 Å². The van der Waals surface area contributed by atoms with E-state index < -0.39 is 0 Å². The maximum Gasteiger partial charge on any atom is 0.258 e. The van der Waals surface area contributed by atoms with Gasteiger partial charge in [-0.1, -0.05) is 23.7 Å². The summed E-state index contributed by atoms with van der Waals surface area (Å²) >= 11 is 5.81. The van der Waals surface area contributed by atoms with Gasteiger partial charge in [-0.25, -0.2) is 0 Å². The topological polar surface area (TPSA) is 38.3 Å². The first-order valence-electron chi connectivity index (χ1n) is 7.62. The summed E-state index contributed by atoms with van der Waals surface area (Å²) in [5.74, 6) is 0.477. The highest BCUT2D eigenvalue weighted by Gasteiger charge is 2.13. The lowest BCUT2D eigenvalue weighted by Crippen LogP contribution is -2.31. The average molecular weight is 332 g/mol. The Morgan fingerprint density at radius 3 is 2.35 bits per heavy atom. The molecule has 2 aromatic rings. The number of hydrogen-bond acceptors (Lipinski definition) is 2. The highest BCUT2D eigenvalue weighted by Crippen LogP contribution is 2.21. The Labute approximate surface area is 142 Å². The van der Waals surface area contributed by atoms with Crippen molar-refractivity contribution >= 4 is 17.5 Å². The summed E-state index contributed by atoms with van der Waals surface area (Å²) in [6.45, 7) is 8.20. The van der Waals surface area contributed by atoms with Gasteiger partial charge in [-0.05, 0) is 74.2 Å². The molecule has 0 heterocycles. The third-order valence-electron chi connectivity index (χ3n) is 3.91. The predicted molar refractivity (Wildman–Crippen MR) is 94.2 cm³/mol. The third kappa shape index (κ3) is 4.73. The minimum Gasteiger partial charge on any atom is -0.484 e. The first kappa shape index (κ1) is 17.4. The van der Waals surface area contributed by atoms with E-state index in [1.807, 2.05) is 6.92 Å². The third-order valence-corrected chi connectivity index (χ3v) is 4.16. The zero-order valence-electron chi connectivity index (χ0n) is 13.9. The van der Waals surface area contributed by atoms with Crippen molar-refractivity contribution in [3.63, 3.8) is 0 Å². The second-order valence-electron chi connectivity index (χ2n) is 5.82. The molecule has 23 heavy (non-hydrogen) atoms. The molecule has 0 aliphatic carbocycles. The van der Waals surface area contributed by atoms with Gasteiger partial charge < -0.3 is 10.1 Å². The van der Waals surface area contributed by atoms with Crippen LogP contribution < -0.4 is 10.1 Å². The van der Waals surface area contributed by atoms with Crippen LogP contribution in [0.2, 0.25) is 5.02 Å². The average Bonchev–Trinajstić information content (AvgIpc) is 2.50. The van der Waals surface area contributed by atoms with Crippen LogP contribution >= 0.6 is 11.6 Å². The molecule has 2 rings (SSSR count). The predicted octanol–water partition coefficient (Wildman–Crippen LogP) is 4.52. The lowest BCUT2D eigenvalue weighted by Gasteiger charge is -2.18. The number of amides is 1. The first-order chi connectivity index (χ1) is 10.9. The maximum absolute atomic E-state index is 12.1. The number of carbonyl (C=O) groups is 1. The fourth-order valence-electron chi connectivity index (χ4n) is 2.49. The first-order valence-corrected chi connectivity index (χ1v) is 8.00. The summed E-state index contributed by atoms with van der Waals surface area (Å²) in [6, 6.07) is 11.2. The van der Waals surface area contributed by atoms with Gasteiger partial charge >= 0.3 is 0 Å². The van der Waals surface area contributed by atoms with Crippen molar-refractivity contribution in [1.29, 1.82) is 0 Å². The smallest absolute Gasteiger partial charge is 0.258 e. The Morgan fingerprint density at radius 2 is 1.70 bits per heavy atom. The SMILES string of the molecule is Cc1cc(C)c([C@H](C)NC(=O)COc2ccc(Cl)cc2)cc1C. The quantitative estimate of drug-likeness (QED) is 0.874. The number of carbonyl (C=O) groups excluding carboxylic acids is 1. The Bertz CT molecular complexity index is 695. The fourth-order valence-corrected chi connectivity index (χ4v) is 2.62. The molecule has 0 aliphatic heterocycles. The number of halogens is 1. The molecule has 2 aromatic carbocycles. The van der Waals surface area contributed by atoms with Crippen LogP contribution in [0.25, 0.3) is 0 Å². The zero-order chi connectivity index (χ0) is 17.0. The van der Waals surface area contributed by atoms with E-state index in [0.29, 0.717) is 10.8 Å². The zero-order valence-corrected chi connectivity index (χ0v) is 14.7. The van der Waals surface area contributed by atoms with Gasteiger partial charge in [-0.15, -0.1) is 0 Å². The molecule has 122 valence electrons. The summed E-state index contributed by atoms with van der Waals surface area (Å²) in [4.78, 5) is 12.1. The molecule has 4 heteroatoms. The maximum atomic E-state index is 12.1. The van der Waals surface area contributed by atoms with Crippen LogP contribution in [0.15, 0.2) is 36.4 Å². The molecule has 1 atom stereocenters. The summed E-state index contributed by atoms with van der Waals surface area (Å²) in [5, 5.41) is 3.61. The summed E-state index contributed by atoms with van der Waals surface area (Å²) < 4.78 is 5.46. The molecule has 0 aromatic heterocycles. The number of hydrogen-bond donors (Lipinski definition) is 1. The number of aryl methyl sites for hydroxylation is 3. The summed E-state index contributed by atoms with van der Waals surface area (Å²) in [7, 11) is 0. The van der Waals surface area contributed by atoms with Crippen molar-refractivity contribution < 1.29 is 9.53 Å². The van der Waals surface area contributed by atoms with Crippen LogP contribution in [0.3, 0.4) is 0 Å². The molecule has 0 saturated carbocycles. The van der Waals surface area contributed by atoms with E-state index in [-0.39, 0.29) is 18.6 Å². The van der Waals surface area contributed by atoms with Gasteiger partial charge in [-0.3, -0.25) is 4.79 Å². The summed E-state index contributed by atoms with van der Waals surface area (Å²) in [6.07, 6.45) is 0. The van der Waals surface area contributed by atoms with Gasteiger partial charge in [0.05, 0.1) is 6.04 Å². The number of ether oxygens (including phenoxy) is 1. The number of rotatable bonds is 5. The van der Waals surface area contributed by atoms with Gasteiger partial charge in [0.25, 0.3) is 5.91 Å². The Kier molecular flexibility index (Phi) is 5.67. The molecule has 0 saturated heterocycles. The molecule has 1 N–H and O–H groups in total. The van der Waals surface area contributed by atoms with Crippen LogP contribution in [-0.4, -0.2) is 12.5 Å². The van der Waals surface area contributed by atoms with Gasteiger partial charge in [0.15, 0.2) is 6.61 Å². The Morgan fingerprint density at radius 1 is 1.09 bits per heavy atom. The van der Waals surface area contributed by atoms with Crippen LogP contribution in [0.4, 0.5) is 0 Å². The van der Waals surface area contributed by atoms with Crippen LogP contribution in [0.5, 0.6) is 5.75 Å². The van der Waals surface area contributed by atoms with Crippen molar-refractivity contribution in [2.45, 2.75) is 33.7 Å². The van der Waals surface area contributed by atoms with E-state index in [4.69, 9.17) is 16.3 Å². The molecular formula is C19H22ClNO2. The van der Waals surface area contributed by atoms with Crippen LogP contribution in [-0.2, 0) is 4.79 Å². The largest absolute Gasteiger partial charge is 0.484 e. The van der Waals surface area contributed by atoms with Crippen molar-refractivity contribution in [3.05, 3.63) is 63.7 Å². The fraction of sp³-hybridized carbons (Fsp3) is 0.316. The van der Waals surface area contributed by atoms with Gasteiger partial charge in [0.2, 0.25) is 0 Å². The molecule has 0 radical (unpaired) electrons. The standard InChI is InChI=1S/C19H22ClNO2/c1-12-9-14(3)18(10-13(12)2)15(4)21-19(22)11-23-17-7-5-16(20)6-8-17/h5-10,15H,11H2,1-4H3,(H,21,22)/t15-/m0/s1. The lowest BCUT2D eigenvalue weighted by molar-refractivity contribution is -0.123. The van der Waals surface area contributed by atoms with Crippen molar-refractivity contribution in [2.24, 2.45) is 0 Å². The van der Waals surface area contributed by atoms with Gasteiger partial charge in [-0.2, -0.15) is 0 Å². The second-order valence-corrected chi connectivity index (χ2v) is 6.26. The lowest BCUT2D eigenvalue weighted by atomic mass is 9.96. The molecule has 0 unspecified atom stereocenters. The van der Waals surface area contributed by atoms with E-state index in [2.05, 4.69) is 38.2 Å². The molecule has 0 fully saturated rings.